The molecule has 1 aliphatic rings. The van der Waals surface area contributed by atoms with E-state index < -0.39 is 23.2 Å². The normalized spacial score (nSPS) is 16.3. The number of amides is 1. The summed E-state index contributed by atoms with van der Waals surface area (Å²) in [6, 6.07) is 3.81. The van der Waals surface area contributed by atoms with Crippen LogP contribution in [0.15, 0.2) is 18.2 Å². The van der Waals surface area contributed by atoms with Crippen molar-refractivity contribution in [2.75, 3.05) is 7.11 Å². The molecule has 1 amide bonds. The maximum atomic E-state index is 13.7. The lowest BCUT2D eigenvalue weighted by molar-refractivity contribution is -0.148. The molecular formula is C13H14FNO4. The molecular weight excluding hydrogens is 253 g/mol. The van der Waals surface area contributed by atoms with Gasteiger partial charge in [-0.3, -0.25) is 4.79 Å². The van der Waals surface area contributed by atoms with Gasteiger partial charge in [0.15, 0.2) is 0 Å². The molecule has 5 nitrogen and oxygen atoms in total. The zero-order chi connectivity index (χ0) is 14.0. The molecule has 0 atom stereocenters. The number of ether oxygens (including phenoxy) is 1. The Kier molecular flexibility index (Phi) is 3.42. The van der Waals surface area contributed by atoms with Crippen LogP contribution in [0.2, 0.25) is 0 Å². The minimum atomic E-state index is -1.25. The van der Waals surface area contributed by atoms with Gasteiger partial charge in [-0.1, -0.05) is 0 Å². The van der Waals surface area contributed by atoms with Crippen molar-refractivity contribution in [2.24, 2.45) is 0 Å². The quantitative estimate of drug-likeness (QED) is 0.868. The van der Waals surface area contributed by atoms with Gasteiger partial charge in [-0.2, -0.15) is 0 Å². The Morgan fingerprint density at radius 2 is 2.11 bits per heavy atom. The Morgan fingerprint density at radius 3 is 2.53 bits per heavy atom. The van der Waals surface area contributed by atoms with E-state index in [4.69, 9.17) is 9.84 Å². The fraction of sp³-hybridized carbons (Fsp3) is 0.385. The molecule has 0 bridgehead atoms. The molecule has 1 fully saturated rings. The first kappa shape index (κ1) is 13.3. The number of aliphatic carboxylic acids is 1. The van der Waals surface area contributed by atoms with Crippen molar-refractivity contribution in [3.05, 3.63) is 29.6 Å². The third-order valence-corrected chi connectivity index (χ3v) is 3.39. The molecule has 0 aliphatic heterocycles. The summed E-state index contributed by atoms with van der Waals surface area (Å²) in [6.45, 7) is 0. The highest BCUT2D eigenvalue weighted by Crippen LogP contribution is 2.32. The second kappa shape index (κ2) is 4.87. The lowest BCUT2D eigenvalue weighted by Crippen LogP contribution is -2.59. The van der Waals surface area contributed by atoms with Crippen LogP contribution in [0, 0.1) is 5.82 Å². The number of rotatable bonds is 4. The van der Waals surface area contributed by atoms with E-state index in [9.17, 15) is 14.0 Å². The van der Waals surface area contributed by atoms with Crippen molar-refractivity contribution in [3.8, 4) is 5.75 Å². The zero-order valence-electron chi connectivity index (χ0n) is 10.4. The van der Waals surface area contributed by atoms with Gasteiger partial charge in [0.05, 0.1) is 12.7 Å². The van der Waals surface area contributed by atoms with E-state index in [2.05, 4.69) is 5.32 Å². The van der Waals surface area contributed by atoms with Crippen molar-refractivity contribution in [2.45, 2.75) is 24.8 Å². The average Bonchev–Trinajstić information content (AvgIpc) is 2.32. The molecule has 1 aromatic rings. The number of carbonyl (C=O) groups is 2. The van der Waals surface area contributed by atoms with Crippen LogP contribution in [0.25, 0.3) is 0 Å². The number of carboxylic acids is 1. The first-order valence-electron chi connectivity index (χ1n) is 5.88. The predicted octanol–water partition coefficient (Wildman–Crippen LogP) is 1.57. The van der Waals surface area contributed by atoms with Crippen molar-refractivity contribution < 1.29 is 23.8 Å². The smallest absolute Gasteiger partial charge is 0.329 e. The van der Waals surface area contributed by atoms with E-state index in [1.807, 2.05) is 0 Å². The molecule has 0 heterocycles. The molecule has 102 valence electrons. The van der Waals surface area contributed by atoms with Crippen LogP contribution in [0.3, 0.4) is 0 Å². The summed E-state index contributed by atoms with van der Waals surface area (Å²) < 4.78 is 18.5. The van der Waals surface area contributed by atoms with Crippen LogP contribution in [0.4, 0.5) is 4.39 Å². The second-order valence-corrected chi connectivity index (χ2v) is 4.54. The van der Waals surface area contributed by atoms with E-state index in [0.717, 1.165) is 12.5 Å². The van der Waals surface area contributed by atoms with E-state index in [1.54, 1.807) is 0 Å². The van der Waals surface area contributed by atoms with Gasteiger partial charge in [0.25, 0.3) is 5.91 Å². The largest absolute Gasteiger partial charge is 0.497 e. The summed E-state index contributed by atoms with van der Waals surface area (Å²) in [7, 11) is 1.39. The maximum Gasteiger partial charge on any atom is 0.329 e. The number of benzene rings is 1. The third-order valence-electron chi connectivity index (χ3n) is 3.39. The number of hydrogen-bond acceptors (Lipinski definition) is 3. The second-order valence-electron chi connectivity index (χ2n) is 4.54. The van der Waals surface area contributed by atoms with Crippen LogP contribution in [0.1, 0.15) is 29.6 Å². The van der Waals surface area contributed by atoms with Crippen LogP contribution < -0.4 is 10.1 Å². The van der Waals surface area contributed by atoms with E-state index in [1.165, 1.54) is 19.2 Å². The van der Waals surface area contributed by atoms with Crippen LogP contribution in [-0.4, -0.2) is 29.6 Å². The minimum Gasteiger partial charge on any atom is -0.497 e. The molecule has 1 aromatic carbocycles. The first-order chi connectivity index (χ1) is 8.98. The molecule has 2 N–H and O–H groups in total. The standard InChI is InChI=1S/C13H14FNO4/c1-19-8-3-4-9(10(14)7-8)11(16)15-13(12(17)18)5-2-6-13/h3-4,7H,2,5-6H2,1H3,(H,15,16)(H,17,18). The lowest BCUT2D eigenvalue weighted by Gasteiger charge is -2.38. The number of halogens is 1. The van der Waals surface area contributed by atoms with Crippen molar-refractivity contribution in [1.82, 2.24) is 5.32 Å². The van der Waals surface area contributed by atoms with Gasteiger partial charge in [0.2, 0.25) is 0 Å². The molecule has 0 spiro atoms. The summed E-state index contributed by atoms with van der Waals surface area (Å²) in [6.07, 6.45) is 1.47. The Labute approximate surface area is 109 Å². The maximum absolute atomic E-state index is 13.7. The molecule has 1 aliphatic carbocycles. The SMILES string of the molecule is COc1ccc(C(=O)NC2(C(=O)O)CCC2)c(F)c1. The number of hydrogen-bond donors (Lipinski definition) is 2. The number of carbonyl (C=O) groups excluding carboxylic acids is 1. The number of methoxy groups -OCH3 is 1. The van der Waals surface area contributed by atoms with Crippen molar-refractivity contribution in [3.63, 3.8) is 0 Å². The van der Waals surface area contributed by atoms with Gasteiger partial charge in [-0.25, -0.2) is 9.18 Å². The molecule has 2 rings (SSSR count). The van der Waals surface area contributed by atoms with Crippen molar-refractivity contribution in [1.29, 1.82) is 0 Å². The number of carboxylic acid groups (broad SMARTS) is 1. The minimum absolute atomic E-state index is 0.187. The summed E-state index contributed by atoms with van der Waals surface area (Å²) in [5.41, 5.74) is -1.43. The Hall–Kier alpha value is -2.11. The average molecular weight is 267 g/mol. The molecule has 0 radical (unpaired) electrons. The fourth-order valence-corrected chi connectivity index (χ4v) is 2.01. The topological polar surface area (TPSA) is 75.6 Å². The summed E-state index contributed by atoms with van der Waals surface area (Å²) in [5.74, 6) is -2.24. The lowest BCUT2D eigenvalue weighted by atomic mass is 9.76. The van der Waals surface area contributed by atoms with Crippen molar-refractivity contribution >= 4 is 11.9 Å². The first-order valence-corrected chi connectivity index (χ1v) is 5.88. The highest BCUT2D eigenvalue weighted by Gasteiger charge is 2.46. The van der Waals surface area contributed by atoms with E-state index in [-0.39, 0.29) is 5.56 Å². The summed E-state index contributed by atoms with van der Waals surface area (Å²) >= 11 is 0. The molecule has 19 heavy (non-hydrogen) atoms. The van der Waals surface area contributed by atoms with Gasteiger partial charge in [-0.05, 0) is 31.4 Å². The van der Waals surface area contributed by atoms with Crippen LogP contribution >= 0.6 is 0 Å². The highest BCUT2D eigenvalue weighted by molar-refractivity contribution is 5.98. The molecule has 1 saturated carbocycles. The van der Waals surface area contributed by atoms with Gasteiger partial charge in [0, 0.05) is 6.07 Å². The van der Waals surface area contributed by atoms with E-state index >= 15 is 0 Å². The Bertz CT molecular complexity index is 525. The van der Waals surface area contributed by atoms with Crippen LogP contribution in [0.5, 0.6) is 5.75 Å². The molecule has 6 heteroatoms. The van der Waals surface area contributed by atoms with Gasteiger partial charge in [-0.15, -0.1) is 0 Å². The molecule has 0 unspecified atom stereocenters. The zero-order valence-corrected chi connectivity index (χ0v) is 10.4. The fourth-order valence-electron chi connectivity index (χ4n) is 2.01. The van der Waals surface area contributed by atoms with Gasteiger partial charge < -0.3 is 15.2 Å². The molecule has 0 saturated heterocycles. The van der Waals surface area contributed by atoms with Gasteiger partial charge in [0.1, 0.15) is 17.1 Å². The monoisotopic (exact) mass is 267 g/mol. The van der Waals surface area contributed by atoms with E-state index in [0.29, 0.717) is 18.6 Å². The Morgan fingerprint density at radius 1 is 1.42 bits per heavy atom. The predicted molar refractivity (Wildman–Crippen MR) is 64.6 cm³/mol. The molecule has 0 aromatic heterocycles. The summed E-state index contributed by atoms with van der Waals surface area (Å²) in [4.78, 5) is 23.0. The Balaban J connectivity index is 2.18. The highest BCUT2D eigenvalue weighted by atomic mass is 19.1. The third kappa shape index (κ3) is 2.38. The van der Waals surface area contributed by atoms with Gasteiger partial charge >= 0.3 is 5.97 Å². The summed E-state index contributed by atoms with van der Waals surface area (Å²) in [5, 5.41) is 11.5. The number of nitrogens with one attached hydrogen (secondary N) is 1. The van der Waals surface area contributed by atoms with Crippen LogP contribution in [-0.2, 0) is 4.79 Å².